The fourth-order valence-electron chi connectivity index (χ4n) is 3.97. The number of sulfonamides is 1. The van der Waals surface area contributed by atoms with Crippen LogP contribution in [0.5, 0.6) is 17.2 Å². The molecule has 0 spiro atoms. The van der Waals surface area contributed by atoms with E-state index in [9.17, 15) is 13.2 Å². The van der Waals surface area contributed by atoms with E-state index in [1.165, 1.54) is 23.5 Å². The van der Waals surface area contributed by atoms with Crippen LogP contribution in [0, 0.1) is 0 Å². The van der Waals surface area contributed by atoms with Crippen LogP contribution in [-0.4, -0.2) is 52.2 Å². The van der Waals surface area contributed by atoms with E-state index in [1.54, 1.807) is 18.2 Å². The van der Waals surface area contributed by atoms with Gasteiger partial charge in [0.25, 0.3) is 0 Å². The van der Waals surface area contributed by atoms with Crippen molar-refractivity contribution in [1.29, 1.82) is 0 Å². The Labute approximate surface area is 195 Å². The molecule has 1 heterocycles. The summed E-state index contributed by atoms with van der Waals surface area (Å²) in [5, 5.41) is 0. The average Bonchev–Trinajstić information content (AvgIpc) is 2.80. The molecule has 1 aliphatic heterocycles. The second-order valence-electron chi connectivity index (χ2n) is 7.43. The maximum atomic E-state index is 13.6. The van der Waals surface area contributed by atoms with Crippen molar-refractivity contribution < 1.29 is 32.2 Å². The molecule has 0 radical (unpaired) electrons. The third-order valence-electron chi connectivity index (χ3n) is 5.44. The second-order valence-corrected chi connectivity index (χ2v) is 9.32. The summed E-state index contributed by atoms with van der Waals surface area (Å²) in [6, 6.07) is 9.25. The van der Waals surface area contributed by atoms with Crippen molar-refractivity contribution in [3.05, 3.63) is 47.5 Å². The lowest BCUT2D eigenvalue weighted by molar-refractivity contribution is -0.141. The highest BCUT2D eigenvalue weighted by Crippen LogP contribution is 2.42. The van der Waals surface area contributed by atoms with Gasteiger partial charge in [-0.15, -0.1) is 0 Å². The van der Waals surface area contributed by atoms with Crippen molar-refractivity contribution in [2.75, 3.05) is 33.5 Å². The van der Waals surface area contributed by atoms with Crippen LogP contribution < -0.4 is 14.2 Å². The highest BCUT2D eigenvalue weighted by molar-refractivity contribution is 7.89. The number of hydrogen-bond acceptors (Lipinski definition) is 7. The van der Waals surface area contributed by atoms with Crippen LogP contribution in [0.1, 0.15) is 44.4 Å². The van der Waals surface area contributed by atoms with Crippen molar-refractivity contribution in [1.82, 2.24) is 4.31 Å². The lowest BCUT2D eigenvalue weighted by Crippen LogP contribution is -2.41. The second kappa shape index (κ2) is 10.9. The number of carbonyl (C=O) groups excluding carboxylic acids is 1. The van der Waals surface area contributed by atoms with Gasteiger partial charge in [-0.25, -0.2) is 8.42 Å². The van der Waals surface area contributed by atoms with Gasteiger partial charge in [0.1, 0.15) is 5.75 Å². The molecule has 3 rings (SSSR count). The lowest BCUT2D eigenvalue weighted by Gasteiger charge is -2.36. The zero-order valence-corrected chi connectivity index (χ0v) is 20.3. The molecule has 0 N–H and O–H groups in total. The predicted octanol–water partition coefficient (Wildman–Crippen LogP) is 3.73. The Kier molecular flexibility index (Phi) is 8.20. The summed E-state index contributed by atoms with van der Waals surface area (Å²) >= 11 is 0. The quantitative estimate of drug-likeness (QED) is 0.482. The molecule has 0 saturated heterocycles. The van der Waals surface area contributed by atoms with Gasteiger partial charge < -0.3 is 18.9 Å². The Morgan fingerprint density at radius 1 is 0.970 bits per heavy atom. The van der Waals surface area contributed by atoms with E-state index >= 15 is 0 Å². The van der Waals surface area contributed by atoms with Crippen molar-refractivity contribution in [2.45, 2.75) is 44.6 Å². The first kappa shape index (κ1) is 24.9. The van der Waals surface area contributed by atoms with E-state index in [1.807, 2.05) is 26.8 Å². The molecule has 0 fully saturated rings. The summed E-state index contributed by atoms with van der Waals surface area (Å²) in [6.45, 7) is 7.23. The van der Waals surface area contributed by atoms with Crippen molar-refractivity contribution >= 4 is 16.0 Å². The lowest BCUT2D eigenvalue weighted by atomic mass is 9.91. The number of methoxy groups -OCH3 is 1. The minimum atomic E-state index is -3.89. The van der Waals surface area contributed by atoms with Gasteiger partial charge in [0.05, 0.1) is 44.3 Å². The Morgan fingerprint density at radius 3 is 2.15 bits per heavy atom. The van der Waals surface area contributed by atoms with E-state index < -0.39 is 22.0 Å². The normalized spacial score (nSPS) is 16.1. The molecule has 0 amide bonds. The largest absolute Gasteiger partial charge is 0.494 e. The highest BCUT2D eigenvalue weighted by atomic mass is 32.2. The molecule has 33 heavy (non-hydrogen) atoms. The Morgan fingerprint density at radius 2 is 1.58 bits per heavy atom. The molecule has 2 aromatic carbocycles. The average molecular weight is 478 g/mol. The maximum Gasteiger partial charge on any atom is 0.307 e. The summed E-state index contributed by atoms with van der Waals surface area (Å²) in [4.78, 5) is 12.4. The van der Waals surface area contributed by atoms with Crippen LogP contribution >= 0.6 is 0 Å². The van der Waals surface area contributed by atoms with E-state index in [2.05, 4.69) is 0 Å². The number of nitrogens with zero attached hydrogens (tertiary/aromatic N) is 1. The van der Waals surface area contributed by atoms with Gasteiger partial charge in [-0.05, 0) is 74.7 Å². The number of hydrogen-bond donors (Lipinski definition) is 0. The summed E-state index contributed by atoms with van der Waals surface area (Å²) in [5.41, 5.74) is 1.64. The number of rotatable bonds is 10. The summed E-state index contributed by atoms with van der Waals surface area (Å²) < 4.78 is 50.4. The maximum absolute atomic E-state index is 13.6. The first-order valence-corrected chi connectivity index (χ1v) is 12.5. The molecular weight excluding hydrogens is 446 g/mol. The minimum absolute atomic E-state index is 0.112. The number of fused-ring (bicyclic) bond motifs is 1. The fourth-order valence-corrected chi connectivity index (χ4v) is 5.58. The summed E-state index contributed by atoms with van der Waals surface area (Å²) in [6.07, 6.45) is 0.370. The van der Waals surface area contributed by atoms with E-state index in [0.717, 1.165) is 5.56 Å². The molecule has 0 aliphatic carbocycles. The van der Waals surface area contributed by atoms with Gasteiger partial charge in [0, 0.05) is 6.54 Å². The molecule has 0 bridgehead atoms. The Hall–Kier alpha value is -2.78. The number of esters is 1. The zero-order chi connectivity index (χ0) is 24.0. The molecule has 2 aromatic rings. The first-order valence-electron chi connectivity index (χ1n) is 11.1. The van der Waals surface area contributed by atoms with E-state index in [4.69, 9.17) is 18.9 Å². The zero-order valence-electron chi connectivity index (χ0n) is 19.5. The topological polar surface area (TPSA) is 91.4 Å². The fraction of sp³-hybridized carbons (Fsp3) is 0.458. The van der Waals surface area contributed by atoms with Crippen molar-refractivity contribution in [3.8, 4) is 17.2 Å². The molecule has 0 unspecified atom stereocenters. The predicted molar refractivity (Wildman–Crippen MR) is 123 cm³/mol. The monoisotopic (exact) mass is 477 g/mol. The molecule has 1 aliphatic rings. The van der Waals surface area contributed by atoms with Gasteiger partial charge in [-0.1, -0.05) is 0 Å². The van der Waals surface area contributed by atoms with Gasteiger partial charge in [-0.2, -0.15) is 4.31 Å². The van der Waals surface area contributed by atoms with Crippen LogP contribution in [0.4, 0.5) is 0 Å². The van der Waals surface area contributed by atoms with Crippen LogP contribution in [0.25, 0.3) is 0 Å². The van der Waals surface area contributed by atoms with Crippen molar-refractivity contribution in [2.24, 2.45) is 0 Å². The molecular formula is C24H31NO7S. The number of carbonyl (C=O) groups is 1. The first-order chi connectivity index (χ1) is 15.8. The van der Waals surface area contributed by atoms with Crippen LogP contribution in [-0.2, 0) is 26.0 Å². The van der Waals surface area contributed by atoms with Gasteiger partial charge >= 0.3 is 5.97 Å². The molecule has 1 atom stereocenters. The molecule has 0 aromatic heterocycles. The molecule has 0 saturated carbocycles. The van der Waals surface area contributed by atoms with Crippen LogP contribution in [0.3, 0.4) is 0 Å². The van der Waals surface area contributed by atoms with Gasteiger partial charge in [0.15, 0.2) is 11.5 Å². The van der Waals surface area contributed by atoms with E-state index in [-0.39, 0.29) is 17.9 Å². The Bertz CT molecular complexity index is 1070. The number of ether oxygens (including phenoxy) is 4. The molecule has 180 valence electrons. The smallest absolute Gasteiger partial charge is 0.307 e. The van der Waals surface area contributed by atoms with Crippen LogP contribution in [0.2, 0.25) is 0 Å². The third-order valence-corrected chi connectivity index (χ3v) is 7.36. The SMILES string of the molecule is CCOc1ccc(S(=O)(=O)N2CCc3cc(OCC)c(OCC)cc3[C@H]2CC(=O)OC)cc1. The summed E-state index contributed by atoms with van der Waals surface area (Å²) in [7, 11) is -2.59. The number of benzene rings is 2. The van der Waals surface area contributed by atoms with Crippen LogP contribution in [0.15, 0.2) is 41.3 Å². The standard InChI is InChI=1S/C24H31NO7S/c1-5-30-18-8-10-19(11-9-18)33(27,28)25-13-12-17-14-22(31-6-2)23(32-7-3)15-20(17)21(25)16-24(26)29-4/h8-11,14-15,21H,5-7,12-13,16H2,1-4H3/t21-/m1/s1. The van der Waals surface area contributed by atoms with Gasteiger partial charge in [0.2, 0.25) is 10.0 Å². The summed E-state index contributed by atoms with van der Waals surface area (Å²) in [5.74, 6) is 1.23. The highest BCUT2D eigenvalue weighted by Gasteiger charge is 2.38. The third kappa shape index (κ3) is 5.42. The molecule has 9 heteroatoms. The Balaban J connectivity index is 2.06. The van der Waals surface area contributed by atoms with Crippen molar-refractivity contribution in [3.63, 3.8) is 0 Å². The minimum Gasteiger partial charge on any atom is -0.494 e. The van der Waals surface area contributed by atoms with E-state index in [0.29, 0.717) is 49.1 Å². The van der Waals surface area contributed by atoms with Gasteiger partial charge in [-0.3, -0.25) is 4.79 Å². The molecule has 8 nitrogen and oxygen atoms in total.